The van der Waals surface area contributed by atoms with Crippen molar-refractivity contribution in [1.29, 1.82) is 5.41 Å². The van der Waals surface area contributed by atoms with Gasteiger partial charge in [-0.3, -0.25) is 24.8 Å². The number of likely N-dealkylation sites (tertiary alicyclic amines) is 1. The lowest BCUT2D eigenvalue weighted by atomic mass is 9.86. The summed E-state index contributed by atoms with van der Waals surface area (Å²) in [6.07, 6.45) is 1.98. The van der Waals surface area contributed by atoms with Gasteiger partial charge in [-0.05, 0) is 43.0 Å². The summed E-state index contributed by atoms with van der Waals surface area (Å²) in [5, 5.41) is 16.7. The van der Waals surface area contributed by atoms with Gasteiger partial charge in [0.15, 0.2) is 0 Å². The van der Waals surface area contributed by atoms with E-state index < -0.39 is 5.97 Å². The molecule has 1 aromatic carbocycles. The minimum absolute atomic E-state index is 0.0471. The number of carbonyl (C=O) groups excluding carboxylic acids is 1. The number of aliphatic carboxylic acids is 1. The van der Waals surface area contributed by atoms with Gasteiger partial charge in [0, 0.05) is 63.0 Å². The second-order valence-corrected chi connectivity index (χ2v) is 8.34. The Morgan fingerprint density at radius 1 is 1.16 bits per heavy atom. The van der Waals surface area contributed by atoms with E-state index in [9.17, 15) is 9.59 Å². The number of ether oxygens (including phenoxy) is 1. The number of methoxy groups -OCH3 is 1. The molecule has 3 rings (SSSR count). The van der Waals surface area contributed by atoms with E-state index in [4.69, 9.17) is 21.0 Å². The molecule has 4 N–H and O–H groups in total. The molecule has 1 aromatic rings. The number of piperazine rings is 1. The Balaban J connectivity index is 1.60. The largest absolute Gasteiger partial charge is 0.480 e. The standard InChI is InChI=1S/C22H33N5O4/c1-31-21(30)7-4-17-14-25(15-20(28)29)9-8-19(17)27-12-10-26(11-13-27)18-5-2-16(3-6-18)22(23)24/h2-3,5-6,17,19H,4,7-15H2,1H3,(H3,23,24)(H,28,29). The van der Waals surface area contributed by atoms with E-state index >= 15 is 0 Å². The zero-order chi connectivity index (χ0) is 22.4. The molecule has 170 valence electrons. The highest BCUT2D eigenvalue weighted by Crippen LogP contribution is 2.28. The lowest BCUT2D eigenvalue weighted by Gasteiger charge is -2.47. The maximum atomic E-state index is 11.7. The second kappa shape index (κ2) is 10.6. The molecule has 2 unspecified atom stereocenters. The molecule has 0 saturated carbocycles. The minimum atomic E-state index is -0.811. The molecule has 31 heavy (non-hydrogen) atoms. The van der Waals surface area contributed by atoms with Crippen molar-refractivity contribution in [3.63, 3.8) is 0 Å². The summed E-state index contributed by atoms with van der Waals surface area (Å²) >= 11 is 0. The summed E-state index contributed by atoms with van der Waals surface area (Å²) in [5.74, 6) is -0.709. The molecule has 2 heterocycles. The van der Waals surface area contributed by atoms with Crippen molar-refractivity contribution in [2.24, 2.45) is 11.7 Å². The van der Waals surface area contributed by atoms with Crippen LogP contribution in [0.2, 0.25) is 0 Å². The number of rotatable bonds is 8. The van der Waals surface area contributed by atoms with Gasteiger partial charge in [-0.15, -0.1) is 0 Å². The quantitative estimate of drug-likeness (QED) is 0.314. The number of hydrogen-bond acceptors (Lipinski definition) is 7. The molecule has 9 nitrogen and oxygen atoms in total. The number of nitrogens with two attached hydrogens (primary N) is 1. The van der Waals surface area contributed by atoms with Gasteiger partial charge in [0.25, 0.3) is 0 Å². The molecule has 0 aliphatic carbocycles. The van der Waals surface area contributed by atoms with E-state index in [2.05, 4.69) is 9.80 Å². The lowest BCUT2D eigenvalue weighted by Crippen LogP contribution is -2.57. The number of anilines is 1. The average Bonchev–Trinajstić information content (AvgIpc) is 2.77. The van der Waals surface area contributed by atoms with Crippen LogP contribution in [0.15, 0.2) is 24.3 Å². The van der Waals surface area contributed by atoms with Crippen molar-refractivity contribution >= 4 is 23.5 Å². The molecular weight excluding hydrogens is 398 g/mol. The maximum absolute atomic E-state index is 11.7. The van der Waals surface area contributed by atoms with E-state index in [-0.39, 0.29) is 24.3 Å². The minimum Gasteiger partial charge on any atom is -0.480 e. The Hall–Kier alpha value is -2.65. The topological polar surface area (TPSA) is 123 Å². The van der Waals surface area contributed by atoms with Gasteiger partial charge < -0.3 is 20.5 Å². The molecule has 2 saturated heterocycles. The Morgan fingerprint density at radius 2 is 1.84 bits per heavy atom. The highest BCUT2D eigenvalue weighted by atomic mass is 16.5. The van der Waals surface area contributed by atoms with E-state index in [0.29, 0.717) is 25.4 Å². The summed E-state index contributed by atoms with van der Waals surface area (Å²) in [6, 6.07) is 8.12. The first kappa shape index (κ1) is 23.0. The highest BCUT2D eigenvalue weighted by Gasteiger charge is 2.35. The van der Waals surface area contributed by atoms with Crippen molar-refractivity contribution in [2.75, 3.05) is 57.8 Å². The summed E-state index contributed by atoms with van der Waals surface area (Å²) in [4.78, 5) is 29.7. The lowest BCUT2D eigenvalue weighted by molar-refractivity contribution is -0.142. The van der Waals surface area contributed by atoms with Crippen LogP contribution in [0.25, 0.3) is 0 Å². The number of nitrogens with zero attached hydrogens (tertiary/aromatic N) is 3. The monoisotopic (exact) mass is 431 g/mol. The third kappa shape index (κ3) is 6.18. The molecule has 0 bridgehead atoms. The first-order chi connectivity index (χ1) is 14.9. The van der Waals surface area contributed by atoms with Gasteiger partial charge in [-0.25, -0.2) is 0 Å². The fourth-order valence-electron chi connectivity index (χ4n) is 4.76. The van der Waals surface area contributed by atoms with Crippen LogP contribution in [0, 0.1) is 11.3 Å². The number of benzene rings is 1. The van der Waals surface area contributed by atoms with Crippen LogP contribution in [0.3, 0.4) is 0 Å². The second-order valence-electron chi connectivity index (χ2n) is 8.34. The van der Waals surface area contributed by atoms with Gasteiger partial charge >= 0.3 is 11.9 Å². The van der Waals surface area contributed by atoms with E-state index in [1.807, 2.05) is 29.2 Å². The van der Waals surface area contributed by atoms with Crippen molar-refractivity contribution in [3.8, 4) is 0 Å². The molecule has 0 aromatic heterocycles. The predicted octanol–water partition coefficient (Wildman–Crippen LogP) is 0.821. The molecule has 2 aliphatic rings. The number of esters is 1. The summed E-state index contributed by atoms with van der Waals surface area (Å²) < 4.78 is 4.81. The first-order valence-corrected chi connectivity index (χ1v) is 10.8. The van der Waals surface area contributed by atoms with Crippen LogP contribution in [0.1, 0.15) is 24.8 Å². The van der Waals surface area contributed by atoms with Crippen LogP contribution in [0.5, 0.6) is 0 Å². The van der Waals surface area contributed by atoms with E-state index in [0.717, 1.165) is 50.4 Å². The van der Waals surface area contributed by atoms with Gasteiger partial charge in [0.2, 0.25) is 0 Å². The SMILES string of the molecule is COC(=O)CCC1CN(CC(=O)O)CCC1N1CCN(c2ccc(C(=N)N)cc2)CC1. The Labute approximate surface area is 183 Å². The van der Waals surface area contributed by atoms with Crippen molar-refractivity contribution < 1.29 is 19.4 Å². The number of hydrogen-bond donors (Lipinski definition) is 3. The number of nitrogens with one attached hydrogen (secondary N) is 1. The first-order valence-electron chi connectivity index (χ1n) is 10.8. The van der Waals surface area contributed by atoms with Crippen molar-refractivity contribution in [1.82, 2.24) is 9.80 Å². The summed E-state index contributed by atoms with van der Waals surface area (Å²) in [6.45, 7) is 5.15. The molecule has 9 heteroatoms. The van der Waals surface area contributed by atoms with Crippen LogP contribution in [-0.2, 0) is 14.3 Å². The molecular formula is C22H33N5O4. The number of nitrogen functional groups attached to an aromatic ring is 1. The van der Waals surface area contributed by atoms with Crippen LogP contribution in [0.4, 0.5) is 5.69 Å². The van der Waals surface area contributed by atoms with Crippen LogP contribution < -0.4 is 10.6 Å². The van der Waals surface area contributed by atoms with Gasteiger partial charge in [0.05, 0.1) is 13.7 Å². The fourth-order valence-corrected chi connectivity index (χ4v) is 4.76. The van der Waals surface area contributed by atoms with Gasteiger partial charge in [-0.1, -0.05) is 0 Å². The normalized spacial score (nSPS) is 22.8. The van der Waals surface area contributed by atoms with Gasteiger partial charge in [0.1, 0.15) is 5.84 Å². The maximum Gasteiger partial charge on any atom is 0.317 e. The van der Waals surface area contributed by atoms with E-state index in [1.165, 1.54) is 7.11 Å². The van der Waals surface area contributed by atoms with Crippen molar-refractivity contribution in [3.05, 3.63) is 29.8 Å². The third-order valence-corrected chi connectivity index (χ3v) is 6.41. The third-order valence-electron chi connectivity index (χ3n) is 6.41. The van der Waals surface area contributed by atoms with Crippen LogP contribution >= 0.6 is 0 Å². The number of carboxylic acid groups (broad SMARTS) is 1. The smallest absolute Gasteiger partial charge is 0.317 e. The Kier molecular flexibility index (Phi) is 7.86. The molecule has 0 amide bonds. The molecule has 0 spiro atoms. The highest BCUT2D eigenvalue weighted by molar-refractivity contribution is 5.95. The number of carboxylic acids is 1. The molecule has 0 radical (unpaired) electrons. The number of amidine groups is 1. The Morgan fingerprint density at radius 3 is 2.42 bits per heavy atom. The Bertz CT molecular complexity index is 777. The number of carbonyl (C=O) groups is 2. The fraction of sp³-hybridized carbons (Fsp3) is 0.591. The molecule has 2 fully saturated rings. The molecule has 2 atom stereocenters. The number of piperidine rings is 1. The average molecular weight is 432 g/mol. The van der Waals surface area contributed by atoms with Crippen LogP contribution in [-0.4, -0.2) is 91.6 Å². The summed E-state index contributed by atoms with van der Waals surface area (Å²) in [7, 11) is 1.40. The van der Waals surface area contributed by atoms with Crippen molar-refractivity contribution in [2.45, 2.75) is 25.3 Å². The zero-order valence-electron chi connectivity index (χ0n) is 18.1. The molecule has 2 aliphatic heterocycles. The van der Waals surface area contributed by atoms with E-state index in [1.54, 1.807) is 0 Å². The van der Waals surface area contributed by atoms with Gasteiger partial charge in [-0.2, -0.15) is 0 Å². The predicted molar refractivity (Wildman–Crippen MR) is 118 cm³/mol. The summed E-state index contributed by atoms with van der Waals surface area (Å²) in [5.41, 5.74) is 7.40. The zero-order valence-corrected chi connectivity index (χ0v) is 18.1.